The Bertz CT molecular complexity index is 559. The van der Waals surface area contributed by atoms with Gasteiger partial charge in [-0.3, -0.25) is 0 Å². The third-order valence-corrected chi connectivity index (χ3v) is 5.92. The topological polar surface area (TPSA) is 57.9 Å². The molecular weight excluding hydrogens is 302 g/mol. The number of benzene rings is 1. The summed E-state index contributed by atoms with van der Waals surface area (Å²) in [5.41, 5.74) is 0.932. The summed E-state index contributed by atoms with van der Waals surface area (Å²) in [7, 11) is -3.13. The molecule has 1 aromatic rings. The minimum Gasteiger partial charge on any atom is -0.228 e. The van der Waals surface area contributed by atoms with E-state index in [9.17, 15) is 8.42 Å². The molecule has 1 aliphatic carbocycles. The van der Waals surface area contributed by atoms with Crippen molar-refractivity contribution < 1.29 is 8.42 Å². The van der Waals surface area contributed by atoms with Crippen molar-refractivity contribution in [1.29, 1.82) is 5.26 Å². The molecule has 3 atom stereocenters. The lowest BCUT2D eigenvalue weighted by Gasteiger charge is -2.00. The zero-order valence-corrected chi connectivity index (χ0v) is 11.7. The minimum atomic E-state index is -3.13. The summed E-state index contributed by atoms with van der Waals surface area (Å²) in [6, 6.07) is 9.61. The van der Waals surface area contributed by atoms with Crippen molar-refractivity contribution in [2.75, 3.05) is 5.75 Å². The normalized spacial score (nSPS) is 27.5. The first-order chi connectivity index (χ1) is 8.01. The maximum absolute atomic E-state index is 11.8. The van der Waals surface area contributed by atoms with Gasteiger partial charge in [-0.1, -0.05) is 35.0 Å². The van der Waals surface area contributed by atoms with Crippen LogP contribution in [0.25, 0.3) is 0 Å². The Balaban J connectivity index is 2.30. The fourth-order valence-corrected chi connectivity index (χ4v) is 4.17. The second-order valence-corrected chi connectivity index (χ2v) is 7.51. The summed E-state index contributed by atoms with van der Waals surface area (Å²) in [6.45, 7) is 1.63. The van der Waals surface area contributed by atoms with E-state index in [1.54, 1.807) is 6.92 Å². The van der Waals surface area contributed by atoms with Crippen LogP contribution in [0.5, 0.6) is 0 Å². The largest absolute Gasteiger partial charge is 0.228 e. The quantitative estimate of drug-likeness (QED) is 0.861. The number of hydrogen-bond acceptors (Lipinski definition) is 3. The highest BCUT2D eigenvalue weighted by atomic mass is 79.9. The lowest BCUT2D eigenvalue weighted by molar-refractivity contribution is 0.594. The Morgan fingerprint density at radius 2 is 1.94 bits per heavy atom. The first-order valence-corrected chi connectivity index (χ1v) is 7.88. The van der Waals surface area contributed by atoms with Crippen LogP contribution in [0.2, 0.25) is 0 Å². The molecule has 0 amide bonds. The minimum absolute atomic E-state index is 0.100. The van der Waals surface area contributed by atoms with E-state index < -0.39 is 15.1 Å². The molecule has 0 unspecified atom stereocenters. The Labute approximate surface area is 110 Å². The number of halogens is 1. The fraction of sp³-hybridized carbons (Fsp3) is 0.417. The summed E-state index contributed by atoms with van der Waals surface area (Å²) >= 11 is 3.33. The van der Waals surface area contributed by atoms with Gasteiger partial charge in [-0.05, 0) is 17.7 Å². The predicted molar refractivity (Wildman–Crippen MR) is 69.2 cm³/mol. The van der Waals surface area contributed by atoms with Crippen molar-refractivity contribution in [3.63, 3.8) is 0 Å². The van der Waals surface area contributed by atoms with Crippen LogP contribution in [-0.2, 0) is 9.84 Å². The van der Waals surface area contributed by atoms with Crippen LogP contribution in [0.1, 0.15) is 18.4 Å². The molecule has 1 fully saturated rings. The van der Waals surface area contributed by atoms with Gasteiger partial charge in [0.15, 0.2) is 9.84 Å². The number of hydrogen-bond donors (Lipinski definition) is 0. The van der Waals surface area contributed by atoms with Gasteiger partial charge in [0.2, 0.25) is 0 Å². The summed E-state index contributed by atoms with van der Waals surface area (Å²) < 4.78 is 24.6. The van der Waals surface area contributed by atoms with E-state index in [-0.39, 0.29) is 17.6 Å². The van der Waals surface area contributed by atoms with Gasteiger partial charge in [0.1, 0.15) is 0 Å². The molecular formula is C12H12BrNO2S. The zero-order chi connectivity index (χ0) is 12.6. The molecule has 3 nitrogen and oxygen atoms in total. The molecule has 1 saturated carbocycles. The first-order valence-electron chi connectivity index (χ1n) is 5.38. The van der Waals surface area contributed by atoms with Crippen LogP contribution in [0.3, 0.4) is 0 Å². The lowest BCUT2D eigenvalue weighted by atomic mass is 10.1. The van der Waals surface area contributed by atoms with E-state index in [4.69, 9.17) is 5.26 Å². The highest BCUT2D eigenvalue weighted by Crippen LogP contribution is 2.52. The van der Waals surface area contributed by atoms with Crippen LogP contribution in [0.15, 0.2) is 28.7 Å². The van der Waals surface area contributed by atoms with E-state index in [1.807, 2.05) is 24.3 Å². The van der Waals surface area contributed by atoms with Gasteiger partial charge in [-0.15, -0.1) is 0 Å². The molecule has 0 spiro atoms. The van der Waals surface area contributed by atoms with Gasteiger partial charge in [0, 0.05) is 16.1 Å². The number of rotatable bonds is 3. The molecule has 0 bridgehead atoms. The SMILES string of the molecule is CCS(=O)(=O)[C@@H]1[C@@H](C#N)[C@@H]1c1ccc(Br)cc1. The second-order valence-electron chi connectivity index (χ2n) is 4.15. The van der Waals surface area contributed by atoms with Crippen molar-refractivity contribution in [3.8, 4) is 6.07 Å². The molecule has 0 aliphatic heterocycles. The molecule has 0 N–H and O–H groups in total. The molecule has 2 rings (SSSR count). The van der Waals surface area contributed by atoms with E-state index >= 15 is 0 Å². The average molecular weight is 314 g/mol. The zero-order valence-electron chi connectivity index (χ0n) is 9.30. The predicted octanol–water partition coefficient (Wildman–Crippen LogP) is 2.49. The van der Waals surface area contributed by atoms with Crippen LogP contribution < -0.4 is 0 Å². The summed E-state index contributed by atoms with van der Waals surface area (Å²) in [6.07, 6.45) is 0. The molecule has 1 aromatic carbocycles. The fourth-order valence-electron chi connectivity index (χ4n) is 2.16. The first kappa shape index (κ1) is 12.6. The highest BCUT2D eigenvalue weighted by molar-refractivity contribution is 9.10. The molecule has 0 saturated heterocycles. The van der Waals surface area contributed by atoms with Crippen molar-refractivity contribution >= 4 is 25.8 Å². The molecule has 0 heterocycles. The van der Waals surface area contributed by atoms with Gasteiger partial charge >= 0.3 is 0 Å². The molecule has 0 radical (unpaired) electrons. The standard InChI is InChI=1S/C12H12BrNO2S/c1-2-17(15,16)12-10(7-14)11(12)8-3-5-9(13)6-4-8/h3-6,10-12H,2H2,1H3/t10-,11-,12+/m0/s1. The molecule has 1 aliphatic rings. The highest BCUT2D eigenvalue weighted by Gasteiger charge is 2.58. The van der Waals surface area contributed by atoms with Gasteiger partial charge < -0.3 is 0 Å². The maximum atomic E-state index is 11.8. The Morgan fingerprint density at radius 3 is 2.41 bits per heavy atom. The smallest absolute Gasteiger partial charge is 0.154 e. The maximum Gasteiger partial charge on any atom is 0.154 e. The third kappa shape index (κ3) is 2.24. The Morgan fingerprint density at radius 1 is 1.35 bits per heavy atom. The Kier molecular flexibility index (Phi) is 3.28. The van der Waals surface area contributed by atoms with E-state index in [1.165, 1.54) is 0 Å². The van der Waals surface area contributed by atoms with Gasteiger partial charge in [0.25, 0.3) is 0 Å². The van der Waals surface area contributed by atoms with Crippen LogP contribution >= 0.6 is 15.9 Å². The Hall–Kier alpha value is -0.860. The van der Waals surface area contributed by atoms with Crippen molar-refractivity contribution in [1.82, 2.24) is 0 Å². The van der Waals surface area contributed by atoms with Gasteiger partial charge in [-0.25, -0.2) is 8.42 Å². The van der Waals surface area contributed by atoms with Crippen LogP contribution in [0.4, 0.5) is 0 Å². The van der Waals surface area contributed by atoms with Crippen molar-refractivity contribution in [3.05, 3.63) is 34.3 Å². The lowest BCUT2D eigenvalue weighted by Crippen LogP contribution is -2.12. The molecule has 17 heavy (non-hydrogen) atoms. The van der Waals surface area contributed by atoms with Gasteiger partial charge in [0.05, 0.1) is 17.2 Å². The average Bonchev–Trinajstić information content (AvgIpc) is 3.05. The second kappa shape index (κ2) is 4.43. The molecule has 5 heteroatoms. The summed E-state index contributed by atoms with van der Waals surface area (Å²) in [4.78, 5) is 0. The summed E-state index contributed by atoms with van der Waals surface area (Å²) in [5, 5.41) is 8.48. The summed E-state index contributed by atoms with van der Waals surface area (Å²) in [5.74, 6) is -0.442. The molecule has 90 valence electrons. The molecule has 0 aromatic heterocycles. The van der Waals surface area contributed by atoms with Crippen LogP contribution in [0, 0.1) is 17.2 Å². The van der Waals surface area contributed by atoms with E-state index in [0.29, 0.717) is 0 Å². The third-order valence-electron chi connectivity index (χ3n) is 3.17. The van der Waals surface area contributed by atoms with E-state index in [2.05, 4.69) is 22.0 Å². The number of nitrogens with zero attached hydrogens (tertiary/aromatic N) is 1. The van der Waals surface area contributed by atoms with Crippen molar-refractivity contribution in [2.24, 2.45) is 5.92 Å². The number of sulfone groups is 1. The van der Waals surface area contributed by atoms with Gasteiger partial charge in [-0.2, -0.15) is 5.26 Å². The number of nitriles is 1. The van der Waals surface area contributed by atoms with Crippen molar-refractivity contribution in [2.45, 2.75) is 18.1 Å². The monoisotopic (exact) mass is 313 g/mol. The van der Waals surface area contributed by atoms with Crippen LogP contribution in [-0.4, -0.2) is 19.4 Å². The van der Waals surface area contributed by atoms with E-state index in [0.717, 1.165) is 10.0 Å².